The van der Waals surface area contributed by atoms with E-state index in [1.165, 1.54) is 5.56 Å². The molecule has 7 heteroatoms. The second-order valence-electron chi connectivity index (χ2n) is 8.58. The molecule has 0 bridgehead atoms. The number of hydrogen-bond donors (Lipinski definition) is 0. The summed E-state index contributed by atoms with van der Waals surface area (Å²) in [5.74, 6) is 0.237. The molecule has 0 spiro atoms. The molecule has 1 aliphatic rings. The molecule has 7 nitrogen and oxygen atoms in total. The van der Waals surface area contributed by atoms with Crippen LogP contribution in [0, 0.1) is 5.92 Å². The third-order valence-electron chi connectivity index (χ3n) is 6.27. The number of fused-ring (bicyclic) bond motifs is 1. The van der Waals surface area contributed by atoms with Crippen LogP contribution in [0.1, 0.15) is 12.5 Å². The van der Waals surface area contributed by atoms with Crippen LogP contribution < -0.4 is 4.90 Å². The summed E-state index contributed by atoms with van der Waals surface area (Å²) in [6.45, 7) is 5.14. The lowest BCUT2D eigenvalue weighted by Gasteiger charge is -2.36. The van der Waals surface area contributed by atoms with Gasteiger partial charge < -0.3 is 9.80 Å². The molecule has 3 aromatic heterocycles. The van der Waals surface area contributed by atoms with Crippen molar-refractivity contribution >= 4 is 17.1 Å². The lowest BCUT2D eigenvalue weighted by molar-refractivity contribution is -0.135. The Hall–Kier alpha value is -3.61. The number of pyridine rings is 1. The number of nitrogens with zero attached hydrogens (tertiary/aromatic N) is 6. The van der Waals surface area contributed by atoms with E-state index in [9.17, 15) is 4.79 Å². The van der Waals surface area contributed by atoms with Crippen LogP contribution in [0.2, 0.25) is 0 Å². The van der Waals surface area contributed by atoms with Gasteiger partial charge in [0.05, 0.1) is 23.6 Å². The Kier molecular flexibility index (Phi) is 5.39. The first-order valence-electron chi connectivity index (χ1n) is 11.1. The molecule has 1 aromatic carbocycles. The predicted molar refractivity (Wildman–Crippen MR) is 125 cm³/mol. The van der Waals surface area contributed by atoms with Crippen LogP contribution in [-0.2, 0) is 18.3 Å². The quantitative estimate of drug-likeness (QED) is 0.490. The minimum atomic E-state index is -0.00757. The molecular formula is C25H28N6O. The number of piperazine rings is 1. The molecule has 4 heterocycles. The minimum absolute atomic E-state index is 0.00757. The van der Waals surface area contributed by atoms with Gasteiger partial charge in [-0.15, -0.1) is 0 Å². The summed E-state index contributed by atoms with van der Waals surface area (Å²) in [4.78, 5) is 17.3. The van der Waals surface area contributed by atoms with Crippen molar-refractivity contribution in [2.24, 2.45) is 13.0 Å². The van der Waals surface area contributed by atoms with Crippen molar-refractivity contribution in [3.05, 3.63) is 72.8 Å². The number of carbonyl (C=O) groups excluding carboxylic acids is 1. The van der Waals surface area contributed by atoms with Gasteiger partial charge in [-0.2, -0.15) is 10.2 Å². The third kappa shape index (κ3) is 3.98. The second kappa shape index (κ2) is 8.49. The van der Waals surface area contributed by atoms with Crippen LogP contribution in [0.4, 0.5) is 5.69 Å². The first-order valence-corrected chi connectivity index (χ1v) is 11.1. The van der Waals surface area contributed by atoms with Crippen molar-refractivity contribution in [2.75, 3.05) is 31.1 Å². The summed E-state index contributed by atoms with van der Waals surface area (Å²) in [6.07, 6.45) is 8.62. The van der Waals surface area contributed by atoms with Crippen molar-refractivity contribution in [1.29, 1.82) is 0 Å². The average molecular weight is 429 g/mol. The Morgan fingerprint density at radius 3 is 2.44 bits per heavy atom. The van der Waals surface area contributed by atoms with Gasteiger partial charge in [-0.3, -0.25) is 9.48 Å². The van der Waals surface area contributed by atoms with Crippen LogP contribution in [0.25, 0.3) is 16.6 Å². The van der Waals surface area contributed by atoms with Crippen molar-refractivity contribution in [3.8, 4) is 11.1 Å². The fourth-order valence-corrected chi connectivity index (χ4v) is 4.49. The highest BCUT2D eigenvalue weighted by Crippen LogP contribution is 2.26. The molecule has 1 fully saturated rings. The van der Waals surface area contributed by atoms with Gasteiger partial charge in [0.25, 0.3) is 0 Å². The molecule has 0 aliphatic carbocycles. The van der Waals surface area contributed by atoms with Crippen molar-refractivity contribution in [2.45, 2.75) is 13.3 Å². The Balaban J connectivity index is 1.24. The first kappa shape index (κ1) is 20.3. The third-order valence-corrected chi connectivity index (χ3v) is 6.27. The highest BCUT2D eigenvalue weighted by atomic mass is 16.2. The van der Waals surface area contributed by atoms with Gasteiger partial charge in [-0.05, 0) is 18.1 Å². The summed E-state index contributed by atoms with van der Waals surface area (Å²) < 4.78 is 3.73. The Labute approximate surface area is 187 Å². The smallest absolute Gasteiger partial charge is 0.225 e. The topological polar surface area (TPSA) is 58.7 Å². The van der Waals surface area contributed by atoms with E-state index in [-0.39, 0.29) is 11.8 Å². The van der Waals surface area contributed by atoms with Crippen LogP contribution in [0.15, 0.2) is 67.3 Å². The molecule has 1 aliphatic heterocycles. The molecule has 32 heavy (non-hydrogen) atoms. The maximum atomic E-state index is 13.0. The standard InChI is InChI=1S/C25H28N6O/c1-19(14-20-6-4-3-5-7-20)25(32)30-12-10-29(11-13-30)24-16-27-31-18-21(8-9-23(24)31)22-15-26-28(2)17-22/h3-9,15-19H,10-14H2,1-2H3. The van der Waals surface area contributed by atoms with Crippen LogP contribution in [0.5, 0.6) is 0 Å². The van der Waals surface area contributed by atoms with E-state index in [4.69, 9.17) is 0 Å². The fourth-order valence-electron chi connectivity index (χ4n) is 4.49. The van der Waals surface area contributed by atoms with Crippen molar-refractivity contribution in [1.82, 2.24) is 24.3 Å². The maximum absolute atomic E-state index is 13.0. The number of hydrogen-bond acceptors (Lipinski definition) is 4. The Bertz CT molecular complexity index is 1220. The van der Waals surface area contributed by atoms with Gasteiger partial charge in [0.1, 0.15) is 0 Å². The summed E-state index contributed by atoms with van der Waals surface area (Å²) in [7, 11) is 1.92. The normalized spacial score (nSPS) is 15.3. The Morgan fingerprint density at radius 1 is 0.938 bits per heavy atom. The Morgan fingerprint density at radius 2 is 1.72 bits per heavy atom. The zero-order valence-corrected chi connectivity index (χ0v) is 18.6. The summed E-state index contributed by atoms with van der Waals surface area (Å²) in [5, 5.41) is 8.84. The zero-order valence-electron chi connectivity index (χ0n) is 18.6. The molecule has 164 valence electrons. The van der Waals surface area contributed by atoms with E-state index < -0.39 is 0 Å². The van der Waals surface area contributed by atoms with E-state index in [1.54, 1.807) is 4.68 Å². The van der Waals surface area contributed by atoms with Gasteiger partial charge in [0.15, 0.2) is 0 Å². The van der Waals surface area contributed by atoms with Gasteiger partial charge in [-0.25, -0.2) is 4.52 Å². The molecule has 1 amide bonds. The largest absolute Gasteiger partial charge is 0.365 e. The maximum Gasteiger partial charge on any atom is 0.225 e. The zero-order chi connectivity index (χ0) is 22.1. The molecule has 1 unspecified atom stereocenters. The molecular weight excluding hydrogens is 400 g/mol. The van der Waals surface area contributed by atoms with Gasteiger partial charge in [0, 0.05) is 62.7 Å². The van der Waals surface area contributed by atoms with Gasteiger partial charge in [0.2, 0.25) is 5.91 Å². The van der Waals surface area contributed by atoms with Crippen molar-refractivity contribution < 1.29 is 4.79 Å². The average Bonchev–Trinajstić information content (AvgIpc) is 3.45. The van der Waals surface area contributed by atoms with E-state index >= 15 is 0 Å². The molecule has 5 rings (SSSR count). The molecule has 0 N–H and O–H groups in total. The molecule has 0 radical (unpaired) electrons. The number of rotatable bonds is 5. The van der Waals surface area contributed by atoms with E-state index in [2.05, 4.69) is 39.4 Å². The number of aryl methyl sites for hydroxylation is 1. The van der Waals surface area contributed by atoms with Gasteiger partial charge >= 0.3 is 0 Å². The van der Waals surface area contributed by atoms with E-state index in [0.29, 0.717) is 0 Å². The van der Waals surface area contributed by atoms with Crippen molar-refractivity contribution in [3.63, 3.8) is 0 Å². The lowest BCUT2D eigenvalue weighted by Crippen LogP contribution is -2.50. The molecule has 1 saturated heterocycles. The number of benzene rings is 1. The van der Waals surface area contributed by atoms with Crippen LogP contribution in [-0.4, -0.2) is 56.4 Å². The van der Waals surface area contributed by atoms with E-state index in [0.717, 1.165) is 54.9 Å². The van der Waals surface area contributed by atoms with Crippen LogP contribution >= 0.6 is 0 Å². The monoisotopic (exact) mass is 428 g/mol. The minimum Gasteiger partial charge on any atom is -0.365 e. The fraction of sp³-hybridized carbons (Fsp3) is 0.320. The molecule has 1 atom stereocenters. The highest BCUT2D eigenvalue weighted by molar-refractivity contribution is 5.80. The molecule has 4 aromatic rings. The number of anilines is 1. The number of amides is 1. The van der Waals surface area contributed by atoms with Crippen LogP contribution in [0.3, 0.4) is 0 Å². The summed E-state index contributed by atoms with van der Waals surface area (Å²) in [5.41, 5.74) is 5.57. The lowest BCUT2D eigenvalue weighted by atomic mass is 9.99. The first-order chi connectivity index (χ1) is 15.6. The highest BCUT2D eigenvalue weighted by Gasteiger charge is 2.26. The number of carbonyl (C=O) groups is 1. The molecule has 0 saturated carbocycles. The SMILES string of the molecule is CC(Cc1ccccc1)C(=O)N1CCN(c2cnn3cc(-c4cnn(C)c4)ccc23)CC1. The summed E-state index contributed by atoms with van der Waals surface area (Å²) in [6, 6.07) is 14.5. The van der Waals surface area contributed by atoms with E-state index in [1.807, 2.05) is 66.4 Å². The summed E-state index contributed by atoms with van der Waals surface area (Å²) >= 11 is 0. The number of aromatic nitrogens is 4. The predicted octanol–water partition coefficient (Wildman–Crippen LogP) is 3.26. The van der Waals surface area contributed by atoms with Gasteiger partial charge in [-0.1, -0.05) is 43.3 Å². The second-order valence-corrected chi connectivity index (χ2v) is 8.58.